The standard InChI is InChI=1S/C13H22O3/c1-11-6-2-3-7-12(11)10-16-9-5-4-8-13(14)15/h2-3,11-12H,4-10H2,1H3,(H,14,15). The number of aliphatic carboxylic acids is 1. The van der Waals surface area contributed by atoms with Crippen LogP contribution in [0.2, 0.25) is 0 Å². The summed E-state index contributed by atoms with van der Waals surface area (Å²) in [4.78, 5) is 10.3. The van der Waals surface area contributed by atoms with Gasteiger partial charge in [-0.2, -0.15) is 0 Å². The number of hydrogen-bond donors (Lipinski definition) is 1. The van der Waals surface area contributed by atoms with Gasteiger partial charge in [0.05, 0.1) is 0 Å². The van der Waals surface area contributed by atoms with Crippen molar-refractivity contribution in [3.63, 3.8) is 0 Å². The van der Waals surface area contributed by atoms with Gasteiger partial charge in [0.1, 0.15) is 0 Å². The summed E-state index contributed by atoms with van der Waals surface area (Å²) in [5, 5.41) is 8.46. The number of ether oxygens (including phenoxy) is 1. The van der Waals surface area contributed by atoms with Crippen molar-refractivity contribution in [2.75, 3.05) is 13.2 Å². The third-order valence-electron chi connectivity index (χ3n) is 3.18. The Morgan fingerprint density at radius 1 is 1.38 bits per heavy atom. The fourth-order valence-electron chi connectivity index (χ4n) is 1.95. The van der Waals surface area contributed by atoms with Crippen LogP contribution in [0.25, 0.3) is 0 Å². The van der Waals surface area contributed by atoms with E-state index >= 15 is 0 Å². The van der Waals surface area contributed by atoms with Crippen molar-refractivity contribution >= 4 is 5.97 Å². The molecule has 1 aliphatic rings. The van der Waals surface area contributed by atoms with Crippen LogP contribution in [-0.4, -0.2) is 24.3 Å². The summed E-state index contributed by atoms with van der Waals surface area (Å²) in [7, 11) is 0. The van der Waals surface area contributed by atoms with E-state index in [2.05, 4.69) is 19.1 Å². The van der Waals surface area contributed by atoms with Gasteiger partial charge in [0.15, 0.2) is 0 Å². The first-order chi connectivity index (χ1) is 7.70. The Kier molecular flexibility index (Phi) is 6.16. The van der Waals surface area contributed by atoms with Gasteiger partial charge in [0, 0.05) is 19.6 Å². The molecule has 92 valence electrons. The summed E-state index contributed by atoms with van der Waals surface area (Å²) in [6, 6.07) is 0. The van der Waals surface area contributed by atoms with Gasteiger partial charge in [-0.15, -0.1) is 0 Å². The molecule has 2 atom stereocenters. The number of carbonyl (C=O) groups is 1. The molecule has 0 heterocycles. The van der Waals surface area contributed by atoms with Gasteiger partial charge in [-0.05, 0) is 37.5 Å². The van der Waals surface area contributed by atoms with Crippen LogP contribution in [0.3, 0.4) is 0 Å². The third-order valence-corrected chi connectivity index (χ3v) is 3.18. The van der Waals surface area contributed by atoms with Gasteiger partial charge in [-0.25, -0.2) is 0 Å². The fraction of sp³-hybridized carbons (Fsp3) is 0.769. The van der Waals surface area contributed by atoms with Gasteiger partial charge >= 0.3 is 5.97 Å². The van der Waals surface area contributed by atoms with Gasteiger partial charge < -0.3 is 9.84 Å². The largest absolute Gasteiger partial charge is 0.481 e. The number of carboxylic acids is 1. The molecule has 0 spiro atoms. The number of carboxylic acid groups (broad SMARTS) is 1. The summed E-state index contributed by atoms with van der Waals surface area (Å²) in [5.74, 6) is 0.638. The molecule has 0 aliphatic heterocycles. The molecule has 0 saturated heterocycles. The monoisotopic (exact) mass is 226 g/mol. The zero-order valence-electron chi connectivity index (χ0n) is 10.0. The first kappa shape index (κ1) is 13.2. The molecule has 16 heavy (non-hydrogen) atoms. The van der Waals surface area contributed by atoms with E-state index in [4.69, 9.17) is 9.84 Å². The van der Waals surface area contributed by atoms with E-state index in [1.54, 1.807) is 0 Å². The highest BCUT2D eigenvalue weighted by atomic mass is 16.5. The van der Waals surface area contributed by atoms with E-state index in [1.165, 1.54) is 0 Å². The number of hydrogen-bond acceptors (Lipinski definition) is 2. The van der Waals surface area contributed by atoms with Crippen molar-refractivity contribution in [2.24, 2.45) is 11.8 Å². The Labute approximate surface area is 97.5 Å². The highest BCUT2D eigenvalue weighted by molar-refractivity contribution is 5.66. The highest BCUT2D eigenvalue weighted by Crippen LogP contribution is 2.24. The first-order valence-electron chi connectivity index (χ1n) is 6.14. The molecular formula is C13H22O3. The van der Waals surface area contributed by atoms with Crippen molar-refractivity contribution in [3.8, 4) is 0 Å². The summed E-state index contributed by atoms with van der Waals surface area (Å²) in [5.41, 5.74) is 0. The molecular weight excluding hydrogens is 204 g/mol. The third kappa shape index (κ3) is 5.31. The van der Waals surface area contributed by atoms with Gasteiger partial charge in [-0.3, -0.25) is 4.79 Å². The molecule has 0 aromatic carbocycles. The lowest BCUT2D eigenvalue weighted by Crippen LogP contribution is -2.19. The quantitative estimate of drug-likeness (QED) is 0.536. The lowest BCUT2D eigenvalue weighted by molar-refractivity contribution is -0.137. The SMILES string of the molecule is CC1CC=CCC1COCCCCC(=O)O. The zero-order chi connectivity index (χ0) is 11.8. The predicted octanol–water partition coefficient (Wildman–Crippen LogP) is 2.86. The molecule has 3 heteroatoms. The van der Waals surface area contributed by atoms with E-state index in [0.717, 1.165) is 32.3 Å². The van der Waals surface area contributed by atoms with E-state index < -0.39 is 5.97 Å². The number of allylic oxidation sites excluding steroid dienone is 2. The van der Waals surface area contributed by atoms with E-state index in [0.29, 0.717) is 18.4 Å². The molecule has 0 radical (unpaired) electrons. The molecule has 0 bridgehead atoms. The number of rotatable bonds is 7. The molecule has 1 rings (SSSR count). The van der Waals surface area contributed by atoms with Crippen LogP contribution in [-0.2, 0) is 9.53 Å². The maximum absolute atomic E-state index is 10.3. The summed E-state index contributed by atoms with van der Waals surface area (Å²) in [6.07, 6.45) is 8.58. The molecule has 2 unspecified atom stereocenters. The van der Waals surface area contributed by atoms with E-state index in [-0.39, 0.29) is 6.42 Å². The second kappa shape index (κ2) is 7.44. The Morgan fingerprint density at radius 2 is 2.12 bits per heavy atom. The van der Waals surface area contributed by atoms with Crippen LogP contribution < -0.4 is 0 Å². The van der Waals surface area contributed by atoms with Crippen LogP contribution in [0.1, 0.15) is 39.0 Å². The van der Waals surface area contributed by atoms with Gasteiger partial charge in [-0.1, -0.05) is 19.1 Å². The van der Waals surface area contributed by atoms with Gasteiger partial charge in [0.2, 0.25) is 0 Å². The van der Waals surface area contributed by atoms with Crippen LogP contribution in [0.15, 0.2) is 12.2 Å². The first-order valence-corrected chi connectivity index (χ1v) is 6.14. The zero-order valence-corrected chi connectivity index (χ0v) is 10.0. The molecule has 0 aromatic rings. The minimum Gasteiger partial charge on any atom is -0.481 e. The maximum atomic E-state index is 10.3. The average molecular weight is 226 g/mol. The smallest absolute Gasteiger partial charge is 0.303 e. The van der Waals surface area contributed by atoms with Crippen LogP contribution in [0.4, 0.5) is 0 Å². The Hall–Kier alpha value is -0.830. The van der Waals surface area contributed by atoms with Crippen molar-refractivity contribution in [1.29, 1.82) is 0 Å². The molecule has 0 fully saturated rings. The molecule has 1 aliphatic carbocycles. The van der Waals surface area contributed by atoms with E-state index in [1.807, 2.05) is 0 Å². The molecule has 1 N–H and O–H groups in total. The minimum absolute atomic E-state index is 0.256. The topological polar surface area (TPSA) is 46.5 Å². The van der Waals surface area contributed by atoms with Crippen LogP contribution in [0, 0.1) is 11.8 Å². The normalized spacial score (nSPS) is 24.6. The second-order valence-corrected chi connectivity index (χ2v) is 4.61. The highest BCUT2D eigenvalue weighted by Gasteiger charge is 2.17. The van der Waals surface area contributed by atoms with Crippen LogP contribution >= 0.6 is 0 Å². The summed E-state index contributed by atoms with van der Waals surface area (Å²) < 4.78 is 5.60. The van der Waals surface area contributed by atoms with Gasteiger partial charge in [0.25, 0.3) is 0 Å². The minimum atomic E-state index is -0.717. The summed E-state index contributed by atoms with van der Waals surface area (Å²) in [6.45, 7) is 3.78. The van der Waals surface area contributed by atoms with Crippen molar-refractivity contribution < 1.29 is 14.6 Å². The summed E-state index contributed by atoms with van der Waals surface area (Å²) >= 11 is 0. The Bertz CT molecular complexity index is 235. The number of unbranched alkanes of at least 4 members (excludes halogenated alkanes) is 1. The lowest BCUT2D eigenvalue weighted by Gasteiger charge is -2.24. The predicted molar refractivity (Wildman–Crippen MR) is 63.3 cm³/mol. The van der Waals surface area contributed by atoms with Crippen molar-refractivity contribution in [2.45, 2.75) is 39.0 Å². The van der Waals surface area contributed by atoms with Crippen LogP contribution in [0.5, 0.6) is 0 Å². The molecule has 0 amide bonds. The average Bonchev–Trinajstić information content (AvgIpc) is 2.25. The lowest BCUT2D eigenvalue weighted by atomic mass is 9.85. The molecule has 3 nitrogen and oxygen atoms in total. The maximum Gasteiger partial charge on any atom is 0.303 e. The Morgan fingerprint density at radius 3 is 2.81 bits per heavy atom. The fourth-order valence-corrected chi connectivity index (χ4v) is 1.95. The molecule has 0 saturated carbocycles. The van der Waals surface area contributed by atoms with E-state index in [9.17, 15) is 4.79 Å². The van der Waals surface area contributed by atoms with Crippen molar-refractivity contribution in [3.05, 3.63) is 12.2 Å². The molecule has 0 aromatic heterocycles. The van der Waals surface area contributed by atoms with Crippen molar-refractivity contribution in [1.82, 2.24) is 0 Å². The Balaban J connectivity index is 1.98. The second-order valence-electron chi connectivity index (χ2n) is 4.61.